The number of aromatic amines is 1. The predicted octanol–water partition coefficient (Wildman–Crippen LogP) is 3.27. The Hall–Kier alpha value is -2.95. The van der Waals surface area contributed by atoms with E-state index in [9.17, 15) is 9.18 Å². The van der Waals surface area contributed by atoms with Gasteiger partial charge in [0.1, 0.15) is 11.9 Å². The molecule has 4 rings (SSSR count). The van der Waals surface area contributed by atoms with Crippen molar-refractivity contribution < 1.29 is 9.18 Å². The minimum Gasteiger partial charge on any atom is -0.348 e. The number of rotatable bonds is 3. The molecule has 2 aromatic carbocycles. The van der Waals surface area contributed by atoms with Crippen molar-refractivity contribution >= 4 is 5.91 Å². The fourth-order valence-electron chi connectivity index (χ4n) is 3.42. The third kappa shape index (κ3) is 2.93. The number of H-pyrrole nitrogens is 1. The van der Waals surface area contributed by atoms with Crippen LogP contribution in [0.1, 0.15) is 28.6 Å². The van der Waals surface area contributed by atoms with Gasteiger partial charge in [0.2, 0.25) is 5.91 Å². The van der Waals surface area contributed by atoms with Gasteiger partial charge in [-0.2, -0.15) is 0 Å². The molecule has 5 heteroatoms. The van der Waals surface area contributed by atoms with E-state index in [1.54, 1.807) is 24.5 Å². The summed E-state index contributed by atoms with van der Waals surface area (Å²) < 4.78 is 13.9. The fraction of sp³-hybridized carbons (Fsp3) is 0.200. The molecular formula is C20H18FN3O. The molecule has 1 N–H and O–H groups in total. The highest BCUT2D eigenvalue weighted by Gasteiger charge is 2.33. The van der Waals surface area contributed by atoms with Crippen molar-refractivity contribution in [3.63, 3.8) is 0 Å². The van der Waals surface area contributed by atoms with Crippen LogP contribution < -0.4 is 0 Å². The van der Waals surface area contributed by atoms with Crippen LogP contribution in [0.2, 0.25) is 0 Å². The first-order valence-electron chi connectivity index (χ1n) is 8.34. The number of imidazole rings is 1. The minimum absolute atomic E-state index is 0.0514. The SMILES string of the molecule is O=C(Cc1ccccc1F)N1CCc2[nH]cnc2[C@@H]1c1ccccc1. The van der Waals surface area contributed by atoms with Crippen LogP contribution in [0.5, 0.6) is 0 Å². The highest BCUT2D eigenvalue weighted by atomic mass is 19.1. The summed E-state index contributed by atoms with van der Waals surface area (Å²) in [6, 6.07) is 16.0. The summed E-state index contributed by atoms with van der Waals surface area (Å²) in [4.78, 5) is 22.4. The lowest BCUT2D eigenvalue weighted by molar-refractivity contribution is -0.132. The summed E-state index contributed by atoms with van der Waals surface area (Å²) in [7, 11) is 0. The number of benzene rings is 2. The molecule has 2 heterocycles. The largest absolute Gasteiger partial charge is 0.348 e. The van der Waals surface area contributed by atoms with Gasteiger partial charge in [-0.25, -0.2) is 9.37 Å². The van der Waals surface area contributed by atoms with Gasteiger partial charge in [-0.1, -0.05) is 48.5 Å². The summed E-state index contributed by atoms with van der Waals surface area (Å²) in [5.41, 5.74) is 3.37. The van der Waals surface area contributed by atoms with Gasteiger partial charge in [-0.05, 0) is 17.2 Å². The minimum atomic E-state index is -0.343. The molecule has 0 fully saturated rings. The first-order valence-corrected chi connectivity index (χ1v) is 8.34. The van der Waals surface area contributed by atoms with E-state index in [1.165, 1.54) is 6.07 Å². The summed E-state index contributed by atoms with van der Waals surface area (Å²) in [5.74, 6) is -0.433. The van der Waals surface area contributed by atoms with Crippen LogP contribution >= 0.6 is 0 Å². The normalized spacial score (nSPS) is 16.5. The van der Waals surface area contributed by atoms with E-state index in [2.05, 4.69) is 9.97 Å². The van der Waals surface area contributed by atoms with Crippen molar-refractivity contribution in [2.75, 3.05) is 6.54 Å². The maximum absolute atomic E-state index is 13.9. The standard InChI is InChI=1S/C20H18FN3O/c21-16-9-5-4-8-15(16)12-18(25)24-11-10-17-19(23-13-22-17)20(24)14-6-2-1-3-7-14/h1-9,13,20H,10-12H2,(H,22,23)/t20-/m0/s1. The highest BCUT2D eigenvalue weighted by Crippen LogP contribution is 2.33. The average molecular weight is 335 g/mol. The molecule has 0 spiro atoms. The van der Waals surface area contributed by atoms with Gasteiger partial charge in [-0.3, -0.25) is 4.79 Å². The molecule has 1 aromatic heterocycles. The van der Waals surface area contributed by atoms with Crippen molar-refractivity contribution in [1.29, 1.82) is 0 Å². The monoisotopic (exact) mass is 335 g/mol. The van der Waals surface area contributed by atoms with E-state index in [0.29, 0.717) is 12.1 Å². The smallest absolute Gasteiger partial charge is 0.227 e. The number of carbonyl (C=O) groups is 1. The van der Waals surface area contributed by atoms with Crippen LogP contribution in [-0.2, 0) is 17.6 Å². The topological polar surface area (TPSA) is 49.0 Å². The van der Waals surface area contributed by atoms with E-state index >= 15 is 0 Å². The van der Waals surface area contributed by atoms with Crippen LogP contribution in [-0.4, -0.2) is 27.3 Å². The zero-order valence-corrected chi connectivity index (χ0v) is 13.7. The number of fused-ring (bicyclic) bond motifs is 1. The molecule has 0 bridgehead atoms. The number of carbonyl (C=O) groups excluding carboxylic acids is 1. The van der Waals surface area contributed by atoms with Crippen molar-refractivity contribution in [2.45, 2.75) is 18.9 Å². The quantitative estimate of drug-likeness (QED) is 0.799. The van der Waals surface area contributed by atoms with Crippen molar-refractivity contribution in [1.82, 2.24) is 14.9 Å². The molecule has 0 radical (unpaired) electrons. The Bertz CT molecular complexity index is 891. The van der Waals surface area contributed by atoms with Crippen LogP contribution in [0.3, 0.4) is 0 Å². The molecule has 126 valence electrons. The summed E-state index contributed by atoms with van der Waals surface area (Å²) in [6.07, 6.45) is 2.45. The molecule has 1 aliphatic heterocycles. The second kappa shape index (κ2) is 6.51. The van der Waals surface area contributed by atoms with E-state index in [0.717, 1.165) is 23.4 Å². The molecule has 1 aliphatic rings. The third-order valence-electron chi connectivity index (χ3n) is 4.66. The summed E-state index contributed by atoms with van der Waals surface area (Å²) in [6.45, 7) is 0.585. The summed E-state index contributed by atoms with van der Waals surface area (Å²) in [5, 5.41) is 0. The first-order chi connectivity index (χ1) is 12.2. The second-order valence-corrected chi connectivity index (χ2v) is 6.18. The molecule has 0 aliphatic carbocycles. The van der Waals surface area contributed by atoms with Crippen molar-refractivity contribution in [3.8, 4) is 0 Å². The van der Waals surface area contributed by atoms with E-state index < -0.39 is 0 Å². The third-order valence-corrected chi connectivity index (χ3v) is 4.66. The number of aromatic nitrogens is 2. The zero-order valence-electron chi connectivity index (χ0n) is 13.7. The maximum atomic E-state index is 13.9. The molecular weight excluding hydrogens is 317 g/mol. The molecule has 0 saturated heterocycles. The Morgan fingerprint density at radius 1 is 1.16 bits per heavy atom. The lowest BCUT2D eigenvalue weighted by Crippen LogP contribution is -2.41. The van der Waals surface area contributed by atoms with Crippen LogP contribution in [0, 0.1) is 5.82 Å². The number of hydrogen-bond acceptors (Lipinski definition) is 2. The van der Waals surface area contributed by atoms with Gasteiger partial charge in [0, 0.05) is 18.7 Å². The number of amides is 1. The lowest BCUT2D eigenvalue weighted by Gasteiger charge is -2.35. The molecule has 1 atom stereocenters. The van der Waals surface area contributed by atoms with Crippen molar-refractivity contribution in [3.05, 3.63) is 89.3 Å². The highest BCUT2D eigenvalue weighted by molar-refractivity contribution is 5.80. The van der Waals surface area contributed by atoms with Crippen LogP contribution in [0.15, 0.2) is 60.9 Å². The van der Waals surface area contributed by atoms with Gasteiger partial charge in [-0.15, -0.1) is 0 Å². The molecule has 25 heavy (non-hydrogen) atoms. The lowest BCUT2D eigenvalue weighted by atomic mass is 9.95. The van der Waals surface area contributed by atoms with E-state index in [4.69, 9.17) is 0 Å². The maximum Gasteiger partial charge on any atom is 0.227 e. The Balaban J connectivity index is 1.68. The number of halogens is 1. The van der Waals surface area contributed by atoms with Crippen LogP contribution in [0.4, 0.5) is 4.39 Å². The van der Waals surface area contributed by atoms with Gasteiger partial charge in [0.25, 0.3) is 0 Å². The molecule has 4 nitrogen and oxygen atoms in total. The van der Waals surface area contributed by atoms with E-state index in [-0.39, 0.29) is 24.2 Å². The molecule has 0 saturated carbocycles. The van der Waals surface area contributed by atoms with Crippen molar-refractivity contribution in [2.24, 2.45) is 0 Å². The molecule has 0 unspecified atom stereocenters. The first kappa shape index (κ1) is 15.6. The van der Waals surface area contributed by atoms with Gasteiger partial charge in [0.05, 0.1) is 18.4 Å². The Morgan fingerprint density at radius 3 is 2.72 bits per heavy atom. The Morgan fingerprint density at radius 2 is 1.92 bits per heavy atom. The Labute approximate surface area is 145 Å². The van der Waals surface area contributed by atoms with Gasteiger partial charge >= 0.3 is 0 Å². The zero-order chi connectivity index (χ0) is 17.2. The molecule has 3 aromatic rings. The molecule has 1 amide bonds. The Kier molecular flexibility index (Phi) is 4.06. The summed E-state index contributed by atoms with van der Waals surface area (Å²) >= 11 is 0. The van der Waals surface area contributed by atoms with Gasteiger partial charge in [0.15, 0.2) is 0 Å². The fourth-order valence-corrected chi connectivity index (χ4v) is 3.42. The predicted molar refractivity (Wildman–Crippen MR) is 92.4 cm³/mol. The van der Waals surface area contributed by atoms with Gasteiger partial charge < -0.3 is 9.88 Å². The average Bonchev–Trinajstić information content (AvgIpc) is 3.12. The number of hydrogen-bond donors (Lipinski definition) is 1. The number of nitrogens with one attached hydrogen (secondary N) is 1. The van der Waals surface area contributed by atoms with Crippen LogP contribution in [0.25, 0.3) is 0 Å². The number of nitrogens with zero attached hydrogens (tertiary/aromatic N) is 2. The second-order valence-electron chi connectivity index (χ2n) is 6.18. The van der Waals surface area contributed by atoms with E-state index in [1.807, 2.05) is 35.2 Å².